The van der Waals surface area contributed by atoms with Gasteiger partial charge >= 0.3 is 53.7 Å². The van der Waals surface area contributed by atoms with E-state index in [2.05, 4.69) is 0 Å². The number of carbonyl (C=O) groups excluding carboxylic acids is 6. The van der Waals surface area contributed by atoms with Crippen molar-refractivity contribution >= 4 is 53.7 Å². The van der Waals surface area contributed by atoms with E-state index in [-0.39, 0.29) is 127 Å². The predicted molar refractivity (Wildman–Crippen MR) is 297 cm³/mol. The quantitative estimate of drug-likeness (QED) is 0.0360. The highest BCUT2D eigenvalue weighted by Gasteiger charge is 2.40. The molecule has 19 heteroatoms. The Balaban J connectivity index is 1.92. The lowest BCUT2D eigenvalue weighted by Gasteiger charge is -2.35. The molecule has 19 nitrogen and oxygen atoms in total. The summed E-state index contributed by atoms with van der Waals surface area (Å²) in [6, 6.07) is 10.00. The standard InChI is InChI=1S/C62H82O19/c1-8-15-27-51(63)75-39-35-46(76-52(64)28-16-9-2)45-37-50(79-55(67)32-21-26-43(61(71)72)41-25-20-24-40(42(22-13-6)60(69)70)57(41)44(23-14-7)62(73)74)58(80-47(45)36-39)38-33-48(77-53(65)29-17-10-3)59(81-56(68)31-19-12-5)49(34-38)78-54(66)30-18-11-4/h20,24-25,33-36,42-44,50,58H,8-19,21-23,26-32,37H2,1-7H3,(H,69,70)(H,71,72)(H,73,74)/t42?,43?,44?,50-,58-/m1/s1. The number of carboxylic acid groups (broad SMARTS) is 3. The summed E-state index contributed by atoms with van der Waals surface area (Å²) in [5.74, 6) is -12.6. The smallest absolute Gasteiger partial charge is 0.311 e. The number of benzene rings is 3. The van der Waals surface area contributed by atoms with Crippen molar-refractivity contribution in [3.63, 3.8) is 0 Å². The van der Waals surface area contributed by atoms with Crippen LogP contribution in [0.4, 0.5) is 0 Å². The van der Waals surface area contributed by atoms with Gasteiger partial charge in [0, 0.05) is 68.2 Å². The number of hydrogen-bond donors (Lipinski definition) is 3. The van der Waals surface area contributed by atoms with Crippen LogP contribution in [0, 0.1) is 0 Å². The van der Waals surface area contributed by atoms with Gasteiger partial charge in [-0.05, 0) is 86.6 Å². The first-order chi connectivity index (χ1) is 38.8. The van der Waals surface area contributed by atoms with E-state index in [1.807, 2.05) is 34.6 Å². The van der Waals surface area contributed by atoms with Gasteiger partial charge in [-0.3, -0.25) is 43.2 Å². The Hall–Kier alpha value is -7.31. The maximum absolute atomic E-state index is 14.4. The van der Waals surface area contributed by atoms with E-state index in [0.29, 0.717) is 77.0 Å². The molecule has 0 fully saturated rings. The monoisotopic (exact) mass is 1130 g/mol. The average Bonchev–Trinajstić information content (AvgIpc) is 3.45. The number of aliphatic carboxylic acids is 3. The molecule has 3 unspecified atom stereocenters. The molecule has 3 N–H and O–H groups in total. The van der Waals surface area contributed by atoms with Crippen molar-refractivity contribution in [2.75, 3.05) is 0 Å². The molecule has 4 rings (SSSR count). The van der Waals surface area contributed by atoms with Crippen LogP contribution in [0.2, 0.25) is 0 Å². The second-order valence-electron chi connectivity index (χ2n) is 20.4. The Bertz CT molecular complexity index is 2610. The van der Waals surface area contributed by atoms with Crippen molar-refractivity contribution in [2.24, 2.45) is 0 Å². The summed E-state index contributed by atoms with van der Waals surface area (Å²) < 4.78 is 42.2. The van der Waals surface area contributed by atoms with Crippen LogP contribution in [0.1, 0.15) is 241 Å². The highest BCUT2D eigenvalue weighted by Crippen LogP contribution is 2.48. The van der Waals surface area contributed by atoms with Crippen molar-refractivity contribution in [2.45, 2.75) is 226 Å². The van der Waals surface area contributed by atoms with Crippen LogP contribution in [0.3, 0.4) is 0 Å². The second kappa shape index (κ2) is 34.1. The molecule has 3 aromatic carbocycles. The van der Waals surface area contributed by atoms with Gasteiger partial charge in [0.2, 0.25) is 5.75 Å². The first-order valence-electron chi connectivity index (χ1n) is 28.9. The molecular weight excluding hydrogens is 1050 g/mol. The Morgan fingerprint density at radius 3 is 1.36 bits per heavy atom. The molecule has 5 atom stereocenters. The molecule has 0 radical (unpaired) electrons. The van der Waals surface area contributed by atoms with Crippen LogP contribution in [0.5, 0.6) is 34.5 Å². The highest BCUT2D eigenvalue weighted by atomic mass is 16.6. The number of ether oxygens (including phenoxy) is 7. The molecule has 3 aromatic rings. The predicted octanol–water partition coefficient (Wildman–Crippen LogP) is 12.7. The number of hydrogen-bond acceptors (Lipinski definition) is 16. The van der Waals surface area contributed by atoms with Crippen molar-refractivity contribution in [3.8, 4) is 34.5 Å². The van der Waals surface area contributed by atoms with Crippen LogP contribution in [-0.2, 0) is 54.3 Å². The fourth-order valence-corrected chi connectivity index (χ4v) is 9.53. The number of carbonyl (C=O) groups is 9. The van der Waals surface area contributed by atoms with E-state index in [1.165, 1.54) is 42.5 Å². The van der Waals surface area contributed by atoms with E-state index in [9.17, 15) is 58.5 Å². The second-order valence-corrected chi connectivity index (χ2v) is 20.4. The fourth-order valence-electron chi connectivity index (χ4n) is 9.53. The Morgan fingerprint density at radius 1 is 0.481 bits per heavy atom. The molecular formula is C62H82O19. The van der Waals surface area contributed by atoms with E-state index in [0.717, 1.165) is 0 Å². The molecule has 1 heterocycles. The first-order valence-corrected chi connectivity index (χ1v) is 28.9. The lowest BCUT2D eigenvalue weighted by molar-refractivity contribution is -0.156. The number of carboxylic acids is 3. The van der Waals surface area contributed by atoms with Gasteiger partial charge in [-0.15, -0.1) is 0 Å². The minimum Gasteiger partial charge on any atom is -0.481 e. The zero-order valence-corrected chi connectivity index (χ0v) is 48.1. The topological polar surface area (TPSA) is 279 Å². The van der Waals surface area contributed by atoms with Gasteiger partial charge in [0.05, 0.1) is 17.8 Å². The maximum Gasteiger partial charge on any atom is 0.311 e. The van der Waals surface area contributed by atoms with Crippen LogP contribution in [0.15, 0.2) is 42.5 Å². The van der Waals surface area contributed by atoms with Gasteiger partial charge in [-0.2, -0.15) is 0 Å². The minimum atomic E-state index is -1.38. The lowest BCUT2D eigenvalue weighted by atomic mass is 9.77. The van der Waals surface area contributed by atoms with Crippen LogP contribution in [-0.4, -0.2) is 75.1 Å². The summed E-state index contributed by atoms with van der Waals surface area (Å²) in [4.78, 5) is 120. The van der Waals surface area contributed by atoms with Crippen molar-refractivity contribution in [3.05, 3.63) is 70.3 Å². The van der Waals surface area contributed by atoms with Crippen molar-refractivity contribution in [1.82, 2.24) is 0 Å². The number of fused-ring (bicyclic) bond motifs is 1. The largest absolute Gasteiger partial charge is 0.481 e. The molecule has 0 aromatic heterocycles. The zero-order chi connectivity index (χ0) is 59.6. The fraction of sp³-hybridized carbons (Fsp3) is 0.565. The van der Waals surface area contributed by atoms with Crippen LogP contribution < -0.4 is 28.4 Å². The molecule has 1 aliphatic heterocycles. The molecule has 0 amide bonds. The summed E-state index contributed by atoms with van der Waals surface area (Å²) in [6.45, 7) is 13.0. The summed E-state index contributed by atoms with van der Waals surface area (Å²) >= 11 is 0. The highest BCUT2D eigenvalue weighted by molar-refractivity contribution is 5.85. The van der Waals surface area contributed by atoms with Crippen LogP contribution >= 0.6 is 0 Å². The average molecular weight is 1130 g/mol. The normalized spacial score (nSPS) is 14.7. The lowest BCUT2D eigenvalue weighted by Crippen LogP contribution is -2.35. The van der Waals surface area contributed by atoms with Crippen LogP contribution in [0.25, 0.3) is 0 Å². The Morgan fingerprint density at radius 2 is 0.901 bits per heavy atom. The summed E-state index contributed by atoms with van der Waals surface area (Å²) in [5.41, 5.74) is 0.803. The van der Waals surface area contributed by atoms with E-state index in [1.54, 1.807) is 13.8 Å². The molecule has 81 heavy (non-hydrogen) atoms. The third-order valence-electron chi connectivity index (χ3n) is 13.8. The molecule has 0 saturated carbocycles. The summed E-state index contributed by atoms with van der Waals surface area (Å²) in [6.07, 6.45) is 3.28. The minimum absolute atomic E-state index is 0.0193. The van der Waals surface area contributed by atoms with Crippen molar-refractivity contribution < 1.29 is 91.6 Å². The molecule has 444 valence electrons. The number of unbranched alkanes of at least 4 members (excludes halogenated alkanes) is 5. The molecule has 0 saturated heterocycles. The SMILES string of the molecule is CCCCC(=O)Oc1cc(OC(=O)CCCC)c2c(c1)O[C@H](c1cc(OC(=O)CCCC)c(OC(=O)CCCC)c(OC(=O)CCCC)c1)[C@H](OC(=O)CCCC(C(=O)O)c1cccc(C(CCC)C(=O)O)c1C(CCC)C(=O)O)C2. The molecule has 1 aliphatic rings. The van der Waals surface area contributed by atoms with E-state index in [4.69, 9.17) is 33.2 Å². The van der Waals surface area contributed by atoms with Gasteiger partial charge in [0.15, 0.2) is 17.6 Å². The number of esters is 6. The molecule has 0 bridgehead atoms. The first kappa shape index (κ1) is 66.2. The summed E-state index contributed by atoms with van der Waals surface area (Å²) in [5, 5.41) is 31.6. The number of rotatable bonds is 36. The van der Waals surface area contributed by atoms with Crippen molar-refractivity contribution in [1.29, 1.82) is 0 Å². The van der Waals surface area contributed by atoms with Gasteiger partial charge in [-0.1, -0.05) is 112 Å². The van der Waals surface area contributed by atoms with Gasteiger partial charge in [-0.25, -0.2) is 0 Å². The molecule has 0 aliphatic carbocycles. The maximum atomic E-state index is 14.4. The van der Waals surface area contributed by atoms with E-state index >= 15 is 0 Å². The third-order valence-corrected chi connectivity index (χ3v) is 13.8. The van der Waals surface area contributed by atoms with Gasteiger partial charge in [0.1, 0.15) is 23.4 Å². The van der Waals surface area contributed by atoms with Gasteiger partial charge in [0.25, 0.3) is 0 Å². The Kier molecular flexibility index (Phi) is 27.9. The van der Waals surface area contributed by atoms with E-state index < -0.39 is 90.1 Å². The summed E-state index contributed by atoms with van der Waals surface area (Å²) in [7, 11) is 0. The van der Waals surface area contributed by atoms with Gasteiger partial charge < -0.3 is 48.5 Å². The molecule has 0 spiro atoms. The third kappa shape index (κ3) is 20.0. The zero-order valence-electron chi connectivity index (χ0n) is 48.1. The Labute approximate surface area is 474 Å².